The summed E-state index contributed by atoms with van der Waals surface area (Å²) >= 11 is 0. The van der Waals surface area contributed by atoms with Crippen molar-refractivity contribution >= 4 is 15.5 Å². The number of rotatable bonds is 2. The summed E-state index contributed by atoms with van der Waals surface area (Å²) in [6, 6.07) is 4.25. The summed E-state index contributed by atoms with van der Waals surface area (Å²) in [5, 5.41) is 3.85. The number of hydrogen-bond donors (Lipinski definition) is 1. The van der Waals surface area contributed by atoms with Crippen LogP contribution in [0.15, 0.2) is 35.5 Å². The Labute approximate surface area is 97.6 Å². The Kier molecular flexibility index (Phi) is 2.62. The van der Waals surface area contributed by atoms with Crippen LogP contribution in [0.2, 0.25) is 0 Å². The summed E-state index contributed by atoms with van der Waals surface area (Å²) in [5.74, 6) is -0.570. The van der Waals surface area contributed by atoms with E-state index in [1.807, 2.05) is 0 Å². The van der Waals surface area contributed by atoms with E-state index in [0.29, 0.717) is 5.69 Å². The number of halogens is 1. The Bertz CT molecular complexity index is 664. The topological polar surface area (TPSA) is 78.0 Å². The quantitative estimate of drug-likeness (QED) is 0.812. The maximum atomic E-state index is 13.2. The number of benzene rings is 1. The minimum absolute atomic E-state index is 0.0566. The van der Waals surface area contributed by atoms with Crippen molar-refractivity contribution in [1.82, 2.24) is 9.78 Å². The second-order valence-electron chi connectivity index (χ2n) is 3.57. The lowest BCUT2D eigenvalue weighted by Crippen LogP contribution is -2.02. The predicted octanol–water partition coefficient (Wildman–Crippen LogP) is 0.997. The molecule has 2 rings (SSSR count). The van der Waals surface area contributed by atoms with E-state index in [0.717, 1.165) is 6.26 Å². The van der Waals surface area contributed by atoms with Crippen LogP contribution in [0.1, 0.15) is 0 Å². The smallest absolute Gasteiger partial charge is 0.178 e. The minimum atomic E-state index is -3.33. The van der Waals surface area contributed by atoms with Gasteiger partial charge in [-0.25, -0.2) is 17.5 Å². The Morgan fingerprint density at radius 1 is 1.41 bits per heavy atom. The highest BCUT2D eigenvalue weighted by Crippen LogP contribution is 2.20. The molecule has 0 aliphatic heterocycles. The van der Waals surface area contributed by atoms with Crippen LogP contribution in [0.4, 0.5) is 10.1 Å². The van der Waals surface area contributed by atoms with Gasteiger partial charge in [-0.2, -0.15) is 5.10 Å². The first-order valence-corrected chi connectivity index (χ1v) is 6.58. The van der Waals surface area contributed by atoms with Crippen molar-refractivity contribution in [1.29, 1.82) is 0 Å². The number of aromatic nitrogens is 2. The third kappa shape index (κ3) is 2.14. The van der Waals surface area contributed by atoms with Gasteiger partial charge in [0.1, 0.15) is 10.7 Å². The average Bonchev–Trinajstić information content (AvgIpc) is 2.70. The molecule has 0 radical (unpaired) electrons. The molecule has 1 heterocycles. The van der Waals surface area contributed by atoms with Gasteiger partial charge in [0.15, 0.2) is 9.84 Å². The van der Waals surface area contributed by atoms with E-state index < -0.39 is 15.7 Å². The van der Waals surface area contributed by atoms with E-state index in [-0.39, 0.29) is 10.6 Å². The molecule has 90 valence electrons. The maximum Gasteiger partial charge on any atom is 0.178 e. The summed E-state index contributed by atoms with van der Waals surface area (Å²) < 4.78 is 37.0. The van der Waals surface area contributed by atoms with Crippen LogP contribution in [0.5, 0.6) is 0 Å². The first-order chi connectivity index (χ1) is 7.89. The molecule has 0 fully saturated rings. The largest absolute Gasteiger partial charge is 0.395 e. The lowest BCUT2D eigenvalue weighted by atomic mass is 10.2. The number of hydrogen-bond acceptors (Lipinski definition) is 4. The van der Waals surface area contributed by atoms with Crippen molar-refractivity contribution in [2.24, 2.45) is 0 Å². The van der Waals surface area contributed by atoms with Gasteiger partial charge in [-0.1, -0.05) is 6.07 Å². The van der Waals surface area contributed by atoms with Crippen molar-refractivity contribution in [3.8, 4) is 5.69 Å². The third-order valence-corrected chi connectivity index (χ3v) is 3.33. The molecule has 2 N–H and O–H groups in total. The molecule has 5 nitrogen and oxygen atoms in total. The molecule has 1 aromatic carbocycles. The molecule has 2 aromatic rings. The van der Waals surface area contributed by atoms with Crippen LogP contribution in [0.3, 0.4) is 0 Å². The lowest BCUT2D eigenvalue weighted by Gasteiger charge is -2.05. The van der Waals surface area contributed by atoms with Crippen molar-refractivity contribution < 1.29 is 12.8 Å². The van der Waals surface area contributed by atoms with Gasteiger partial charge in [0.2, 0.25) is 0 Å². The van der Waals surface area contributed by atoms with Crippen LogP contribution in [0.25, 0.3) is 5.69 Å². The fourth-order valence-electron chi connectivity index (χ4n) is 1.35. The number of nitrogen functional groups attached to an aromatic ring is 1. The summed E-state index contributed by atoms with van der Waals surface area (Å²) in [4.78, 5) is 0.0566. The molecule has 0 bridgehead atoms. The van der Waals surface area contributed by atoms with E-state index >= 15 is 0 Å². The SMILES string of the molecule is CS(=O)(=O)c1cnn(-c2cccc(F)c2N)c1. The Balaban J connectivity index is 2.55. The highest BCUT2D eigenvalue weighted by atomic mass is 32.2. The minimum Gasteiger partial charge on any atom is -0.395 e. The van der Waals surface area contributed by atoms with Crippen LogP contribution in [0, 0.1) is 5.82 Å². The van der Waals surface area contributed by atoms with Gasteiger partial charge < -0.3 is 5.73 Å². The summed E-state index contributed by atoms with van der Waals surface area (Å²) in [5.41, 5.74) is 5.78. The molecule has 0 saturated heterocycles. The fraction of sp³-hybridized carbons (Fsp3) is 0.100. The fourth-order valence-corrected chi connectivity index (χ4v) is 1.88. The van der Waals surface area contributed by atoms with Crippen LogP contribution in [-0.2, 0) is 9.84 Å². The zero-order chi connectivity index (χ0) is 12.6. The first kappa shape index (κ1) is 11.6. The molecule has 0 unspecified atom stereocenters. The zero-order valence-corrected chi connectivity index (χ0v) is 9.78. The van der Waals surface area contributed by atoms with Crippen molar-refractivity contribution in [3.05, 3.63) is 36.4 Å². The zero-order valence-electron chi connectivity index (χ0n) is 8.96. The highest BCUT2D eigenvalue weighted by molar-refractivity contribution is 7.90. The maximum absolute atomic E-state index is 13.2. The molecule has 0 spiro atoms. The van der Waals surface area contributed by atoms with Gasteiger partial charge in [-0.3, -0.25) is 0 Å². The van der Waals surface area contributed by atoms with Gasteiger partial charge in [0.25, 0.3) is 0 Å². The Hall–Kier alpha value is -1.89. The second-order valence-corrected chi connectivity index (χ2v) is 5.58. The lowest BCUT2D eigenvalue weighted by molar-refractivity contribution is 0.602. The first-order valence-electron chi connectivity index (χ1n) is 4.68. The number of para-hydroxylation sites is 1. The predicted molar refractivity (Wildman–Crippen MR) is 61.0 cm³/mol. The van der Waals surface area contributed by atoms with Gasteiger partial charge in [0, 0.05) is 12.5 Å². The van der Waals surface area contributed by atoms with Crippen molar-refractivity contribution in [2.75, 3.05) is 12.0 Å². The van der Waals surface area contributed by atoms with Gasteiger partial charge in [0.05, 0.1) is 17.6 Å². The van der Waals surface area contributed by atoms with Gasteiger partial charge >= 0.3 is 0 Å². The Morgan fingerprint density at radius 2 is 2.12 bits per heavy atom. The molecule has 0 aliphatic rings. The van der Waals surface area contributed by atoms with E-state index in [1.54, 1.807) is 6.07 Å². The number of anilines is 1. The second kappa shape index (κ2) is 3.85. The van der Waals surface area contributed by atoms with E-state index in [1.165, 1.54) is 29.2 Å². The van der Waals surface area contributed by atoms with Crippen LogP contribution in [-0.4, -0.2) is 24.5 Å². The molecule has 7 heteroatoms. The molecular weight excluding hydrogens is 245 g/mol. The van der Waals surface area contributed by atoms with Crippen molar-refractivity contribution in [2.45, 2.75) is 4.90 Å². The van der Waals surface area contributed by atoms with Gasteiger partial charge in [-0.15, -0.1) is 0 Å². The van der Waals surface area contributed by atoms with Crippen LogP contribution < -0.4 is 5.73 Å². The van der Waals surface area contributed by atoms with Crippen LogP contribution >= 0.6 is 0 Å². The molecule has 0 atom stereocenters. The molecule has 0 aliphatic carbocycles. The number of nitrogens with zero attached hydrogens (tertiary/aromatic N) is 2. The molecule has 0 saturated carbocycles. The standard InChI is InChI=1S/C10H10FN3O2S/c1-17(15,16)7-5-13-14(6-7)9-4-2-3-8(11)10(9)12/h2-6H,12H2,1H3. The third-order valence-electron chi connectivity index (χ3n) is 2.26. The van der Waals surface area contributed by atoms with Crippen molar-refractivity contribution in [3.63, 3.8) is 0 Å². The normalized spacial score (nSPS) is 11.6. The molecular formula is C10H10FN3O2S. The van der Waals surface area contributed by atoms with E-state index in [4.69, 9.17) is 5.73 Å². The Morgan fingerprint density at radius 3 is 2.71 bits per heavy atom. The van der Waals surface area contributed by atoms with Gasteiger partial charge in [-0.05, 0) is 12.1 Å². The number of nitrogens with two attached hydrogens (primary N) is 1. The monoisotopic (exact) mass is 255 g/mol. The summed E-state index contributed by atoms with van der Waals surface area (Å²) in [7, 11) is -3.33. The summed E-state index contributed by atoms with van der Waals surface area (Å²) in [6.07, 6.45) is 3.56. The molecule has 1 aromatic heterocycles. The average molecular weight is 255 g/mol. The summed E-state index contributed by atoms with van der Waals surface area (Å²) in [6.45, 7) is 0. The number of sulfone groups is 1. The van der Waals surface area contributed by atoms with E-state index in [9.17, 15) is 12.8 Å². The molecule has 17 heavy (non-hydrogen) atoms. The highest BCUT2D eigenvalue weighted by Gasteiger charge is 2.13. The van der Waals surface area contributed by atoms with E-state index in [2.05, 4.69) is 5.10 Å². The molecule has 0 amide bonds.